The first-order valence-electron chi connectivity index (χ1n) is 8.59. The minimum atomic E-state index is -0.156. The van der Waals surface area contributed by atoms with E-state index < -0.39 is 0 Å². The standard InChI is InChI=1S/C20H22Cl2N2O/c1-14-3-2-10-24(12-14)13-15-4-6-16(7-5-15)20(25)23-17-8-9-18(21)19(22)11-17/h4-9,11,14H,2-3,10,12-13H2,1H3,(H,23,25)/t14-/m1/s1. The van der Waals surface area contributed by atoms with E-state index in [4.69, 9.17) is 23.2 Å². The van der Waals surface area contributed by atoms with Crippen molar-refractivity contribution in [2.45, 2.75) is 26.3 Å². The van der Waals surface area contributed by atoms with E-state index in [0.717, 1.165) is 25.6 Å². The molecule has 0 saturated carbocycles. The molecular formula is C20H22Cl2N2O. The number of anilines is 1. The third kappa shape index (κ3) is 4.97. The van der Waals surface area contributed by atoms with E-state index in [-0.39, 0.29) is 5.91 Å². The van der Waals surface area contributed by atoms with Crippen LogP contribution in [0, 0.1) is 5.92 Å². The second-order valence-electron chi connectivity index (χ2n) is 6.76. The second kappa shape index (κ2) is 8.22. The molecule has 0 radical (unpaired) electrons. The summed E-state index contributed by atoms with van der Waals surface area (Å²) in [5, 5.41) is 3.73. The molecule has 1 fully saturated rings. The molecule has 2 aromatic rings. The summed E-state index contributed by atoms with van der Waals surface area (Å²) in [5.74, 6) is 0.613. The number of nitrogens with zero attached hydrogens (tertiary/aromatic N) is 1. The number of carbonyl (C=O) groups excluding carboxylic acids is 1. The Balaban J connectivity index is 1.61. The van der Waals surface area contributed by atoms with Crippen LogP contribution < -0.4 is 5.32 Å². The van der Waals surface area contributed by atoms with E-state index >= 15 is 0 Å². The molecule has 1 aliphatic heterocycles. The van der Waals surface area contributed by atoms with E-state index in [9.17, 15) is 4.79 Å². The van der Waals surface area contributed by atoms with Gasteiger partial charge >= 0.3 is 0 Å². The molecule has 0 bridgehead atoms. The van der Waals surface area contributed by atoms with E-state index in [2.05, 4.69) is 17.1 Å². The molecule has 1 N–H and O–H groups in total. The van der Waals surface area contributed by atoms with Crippen LogP contribution in [0.2, 0.25) is 10.0 Å². The van der Waals surface area contributed by atoms with Crippen molar-refractivity contribution < 1.29 is 4.79 Å². The maximum atomic E-state index is 12.4. The summed E-state index contributed by atoms with van der Waals surface area (Å²) < 4.78 is 0. The lowest BCUT2D eigenvalue weighted by Gasteiger charge is -2.30. The van der Waals surface area contributed by atoms with Gasteiger partial charge in [0, 0.05) is 24.3 Å². The average molecular weight is 377 g/mol. The lowest BCUT2D eigenvalue weighted by Crippen LogP contribution is -2.33. The number of halogens is 2. The highest BCUT2D eigenvalue weighted by molar-refractivity contribution is 6.42. The number of rotatable bonds is 4. The van der Waals surface area contributed by atoms with Gasteiger partial charge in [-0.25, -0.2) is 0 Å². The molecule has 1 atom stereocenters. The molecule has 0 aromatic heterocycles. The fourth-order valence-corrected chi connectivity index (χ4v) is 3.53. The molecule has 3 nitrogen and oxygen atoms in total. The molecule has 1 amide bonds. The van der Waals surface area contributed by atoms with Gasteiger partial charge < -0.3 is 5.32 Å². The first-order valence-corrected chi connectivity index (χ1v) is 9.34. The Labute approximate surface area is 158 Å². The molecule has 0 spiro atoms. The Morgan fingerprint density at radius 2 is 1.92 bits per heavy atom. The molecular weight excluding hydrogens is 355 g/mol. The predicted molar refractivity (Wildman–Crippen MR) is 105 cm³/mol. The van der Waals surface area contributed by atoms with Gasteiger partial charge in [-0.2, -0.15) is 0 Å². The van der Waals surface area contributed by atoms with Gasteiger partial charge in [0.1, 0.15) is 0 Å². The highest BCUT2D eigenvalue weighted by Gasteiger charge is 2.16. The highest BCUT2D eigenvalue weighted by Crippen LogP contribution is 2.25. The van der Waals surface area contributed by atoms with Crippen molar-refractivity contribution in [3.05, 3.63) is 63.6 Å². The van der Waals surface area contributed by atoms with Crippen LogP contribution in [0.3, 0.4) is 0 Å². The lowest BCUT2D eigenvalue weighted by molar-refractivity contribution is 0.102. The molecule has 25 heavy (non-hydrogen) atoms. The SMILES string of the molecule is C[C@@H]1CCCN(Cc2ccc(C(=O)Nc3ccc(Cl)c(Cl)c3)cc2)C1. The molecule has 1 saturated heterocycles. The van der Waals surface area contributed by atoms with E-state index in [1.54, 1.807) is 18.2 Å². The largest absolute Gasteiger partial charge is 0.322 e. The number of likely N-dealkylation sites (tertiary alicyclic amines) is 1. The van der Waals surface area contributed by atoms with E-state index in [1.807, 2.05) is 24.3 Å². The van der Waals surface area contributed by atoms with Gasteiger partial charge in [0.15, 0.2) is 0 Å². The van der Waals surface area contributed by atoms with Crippen molar-refractivity contribution in [3.8, 4) is 0 Å². The maximum absolute atomic E-state index is 12.4. The number of carbonyl (C=O) groups is 1. The zero-order valence-corrected chi connectivity index (χ0v) is 15.8. The Morgan fingerprint density at radius 3 is 2.60 bits per heavy atom. The van der Waals surface area contributed by atoms with Gasteiger partial charge in [-0.3, -0.25) is 9.69 Å². The molecule has 1 aliphatic rings. The van der Waals surface area contributed by atoms with Crippen molar-refractivity contribution in [1.82, 2.24) is 4.90 Å². The molecule has 2 aromatic carbocycles. The summed E-state index contributed by atoms with van der Waals surface area (Å²) in [6, 6.07) is 12.9. The normalized spacial score (nSPS) is 18.1. The van der Waals surface area contributed by atoms with E-state index in [0.29, 0.717) is 21.3 Å². The Kier molecular flexibility index (Phi) is 6.00. The van der Waals surface area contributed by atoms with Crippen LogP contribution >= 0.6 is 23.2 Å². The minimum absolute atomic E-state index is 0.156. The molecule has 1 heterocycles. The third-order valence-corrected chi connectivity index (χ3v) is 5.28. The number of hydrogen-bond donors (Lipinski definition) is 1. The summed E-state index contributed by atoms with van der Waals surface area (Å²) in [7, 11) is 0. The van der Waals surface area contributed by atoms with Gasteiger partial charge in [-0.1, -0.05) is 42.3 Å². The fourth-order valence-electron chi connectivity index (χ4n) is 3.23. The monoisotopic (exact) mass is 376 g/mol. The Hall–Kier alpha value is -1.55. The average Bonchev–Trinajstić information content (AvgIpc) is 2.59. The van der Waals surface area contributed by atoms with E-state index in [1.165, 1.54) is 18.4 Å². The fraction of sp³-hybridized carbons (Fsp3) is 0.350. The zero-order chi connectivity index (χ0) is 17.8. The van der Waals surface area contributed by atoms with Crippen LogP contribution in [-0.4, -0.2) is 23.9 Å². The summed E-state index contributed by atoms with van der Waals surface area (Å²) >= 11 is 11.9. The van der Waals surface area contributed by atoms with Gasteiger partial charge in [0.2, 0.25) is 0 Å². The molecule has 0 unspecified atom stereocenters. The summed E-state index contributed by atoms with van der Waals surface area (Å²) in [4.78, 5) is 14.8. The maximum Gasteiger partial charge on any atom is 0.255 e. The number of hydrogen-bond acceptors (Lipinski definition) is 2. The third-order valence-electron chi connectivity index (χ3n) is 4.54. The van der Waals surface area contributed by atoms with Gasteiger partial charge in [-0.15, -0.1) is 0 Å². The minimum Gasteiger partial charge on any atom is -0.322 e. The molecule has 5 heteroatoms. The molecule has 132 valence electrons. The van der Waals surface area contributed by atoms with Crippen LogP contribution in [0.4, 0.5) is 5.69 Å². The van der Waals surface area contributed by atoms with Gasteiger partial charge in [0.25, 0.3) is 5.91 Å². The number of amides is 1. The van der Waals surface area contributed by atoms with Crippen molar-refractivity contribution >= 4 is 34.8 Å². The van der Waals surface area contributed by atoms with Crippen molar-refractivity contribution in [2.75, 3.05) is 18.4 Å². The number of benzene rings is 2. The lowest BCUT2D eigenvalue weighted by atomic mass is 9.99. The van der Waals surface area contributed by atoms with Crippen LogP contribution in [-0.2, 0) is 6.54 Å². The summed E-state index contributed by atoms with van der Waals surface area (Å²) in [6.07, 6.45) is 2.59. The van der Waals surface area contributed by atoms with Crippen LogP contribution in [0.15, 0.2) is 42.5 Å². The van der Waals surface area contributed by atoms with Crippen LogP contribution in [0.1, 0.15) is 35.7 Å². The number of nitrogens with one attached hydrogen (secondary N) is 1. The summed E-state index contributed by atoms with van der Waals surface area (Å²) in [6.45, 7) is 5.56. The smallest absolute Gasteiger partial charge is 0.255 e. The van der Waals surface area contributed by atoms with Gasteiger partial charge in [-0.05, 0) is 61.2 Å². The molecule has 3 rings (SSSR count). The zero-order valence-electron chi connectivity index (χ0n) is 14.3. The first-order chi connectivity index (χ1) is 12.0. The quantitative estimate of drug-likeness (QED) is 0.766. The van der Waals surface area contributed by atoms with Gasteiger partial charge in [0.05, 0.1) is 10.0 Å². The number of piperidine rings is 1. The first kappa shape index (κ1) is 18.2. The second-order valence-corrected chi connectivity index (χ2v) is 7.58. The van der Waals surface area contributed by atoms with Crippen molar-refractivity contribution in [2.24, 2.45) is 5.92 Å². The summed E-state index contributed by atoms with van der Waals surface area (Å²) in [5.41, 5.74) is 2.49. The van der Waals surface area contributed by atoms with Crippen LogP contribution in [0.25, 0.3) is 0 Å². The van der Waals surface area contributed by atoms with Crippen molar-refractivity contribution in [1.29, 1.82) is 0 Å². The Bertz CT molecular complexity index is 746. The molecule has 0 aliphatic carbocycles. The highest BCUT2D eigenvalue weighted by atomic mass is 35.5. The topological polar surface area (TPSA) is 32.3 Å². The van der Waals surface area contributed by atoms with Crippen LogP contribution in [0.5, 0.6) is 0 Å². The van der Waals surface area contributed by atoms with Crippen molar-refractivity contribution in [3.63, 3.8) is 0 Å². The predicted octanol–water partition coefficient (Wildman–Crippen LogP) is 5.48. The Morgan fingerprint density at radius 1 is 1.16 bits per heavy atom.